The van der Waals surface area contributed by atoms with Crippen molar-refractivity contribution in [3.05, 3.63) is 23.8 Å². The largest absolute Gasteiger partial charge is 0.461 e. The van der Waals surface area contributed by atoms with Gasteiger partial charge < -0.3 is 39.0 Å². The van der Waals surface area contributed by atoms with Crippen molar-refractivity contribution < 1.29 is 58.2 Å². The zero-order valence-corrected chi connectivity index (χ0v) is 26.4. The van der Waals surface area contributed by atoms with Crippen molar-refractivity contribution in [1.29, 1.82) is 0 Å². The van der Waals surface area contributed by atoms with Crippen LogP contribution >= 0.6 is 0 Å². The van der Waals surface area contributed by atoms with E-state index in [4.69, 9.17) is 23.7 Å². The Bertz CT molecular complexity index is 1210. The molecule has 12 nitrogen and oxygen atoms in total. The highest BCUT2D eigenvalue weighted by atomic mass is 16.7. The fraction of sp³-hybridized carbons (Fsp3) is 0.750. The van der Waals surface area contributed by atoms with Gasteiger partial charge in [0.25, 0.3) is 0 Å². The molecule has 0 bridgehead atoms. The molecule has 0 amide bonds. The summed E-state index contributed by atoms with van der Waals surface area (Å²) in [6, 6.07) is 0. The van der Waals surface area contributed by atoms with Crippen LogP contribution in [-0.4, -0.2) is 93.1 Å². The quantitative estimate of drug-likeness (QED) is 0.107. The first-order chi connectivity index (χ1) is 20.6. The lowest BCUT2D eigenvalue weighted by molar-refractivity contribution is -0.215. The number of aliphatic hydroxyl groups is 3. The average molecular weight is 623 g/mol. The van der Waals surface area contributed by atoms with Crippen LogP contribution in [0.2, 0.25) is 0 Å². The molecule has 0 saturated carbocycles. The van der Waals surface area contributed by atoms with Crippen molar-refractivity contribution in [3.63, 3.8) is 0 Å². The minimum Gasteiger partial charge on any atom is -0.461 e. The summed E-state index contributed by atoms with van der Waals surface area (Å²) in [6.45, 7) is 8.37. The Morgan fingerprint density at radius 1 is 1.02 bits per heavy atom. The van der Waals surface area contributed by atoms with Gasteiger partial charge in [0.2, 0.25) is 0 Å². The average Bonchev–Trinajstić information content (AvgIpc) is 3.52. The van der Waals surface area contributed by atoms with Gasteiger partial charge in [-0.25, -0.2) is 4.79 Å². The third kappa shape index (κ3) is 5.81. The molecule has 44 heavy (non-hydrogen) atoms. The number of carbonyl (C=O) groups is 4. The fourth-order valence-electron chi connectivity index (χ4n) is 7.39. The van der Waals surface area contributed by atoms with E-state index in [1.807, 2.05) is 0 Å². The molecule has 2 heterocycles. The predicted molar refractivity (Wildman–Crippen MR) is 154 cm³/mol. The lowest BCUT2D eigenvalue weighted by Gasteiger charge is -2.54. The van der Waals surface area contributed by atoms with Crippen LogP contribution in [0.25, 0.3) is 0 Å². The van der Waals surface area contributed by atoms with Crippen molar-refractivity contribution in [2.75, 3.05) is 6.61 Å². The van der Waals surface area contributed by atoms with Gasteiger partial charge in [0.05, 0.1) is 12.2 Å². The lowest BCUT2D eigenvalue weighted by Crippen LogP contribution is -2.67. The topological polar surface area (TPSA) is 178 Å². The Morgan fingerprint density at radius 2 is 1.68 bits per heavy atom. The molecule has 7 unspecified atom stereocenters. The molecular formula is C32H46O12. The highest BCUT2D eigenvalue weighted by molar-refractivity contribution is 5.89. The monoisotopic (exact) mass is 622 g/mol. The number of hydrogen-bond donors (Lipinski definition) is 3. The summed E-state index contributed by atoms with van der Waals surface area (Å²) in [5.41, 5.74) is -6.53. The SMILES string of the molecule is CCCCCCCC(=O)OC1CC(OC(C)=O)[C@@]2(C)C=CC(O)[C@@](C)(O)C2C(OC(C)=O)C23O[C@@]2(C)C(=O)OC3/C=C\1CO. The Labute approximate surface area is 257 Å². The predicted octanol–water partition coefficient (Wildman–Crippen LogP) is 2.20. The molecule has 4 aliphatic rings. The fourth-order valence-corrected chi connectivity index (χ4v) is 7.39. The van der Waals surface area contributed by atoms with Gasteiger partial charge in [-0.1, -0.05) is 51.7 Å². The zero-order valence-electron chi connectivity index (χ0n) is 26.4. The number of unbranched alkanes of at least 4 members (excludes halogenated alkanes) is 4. The summed E-state index contributed by atoms with van der Waals surface area (Å²) < 4.78 is 29.5. The van der Waals surface area contributed by atoms with E-state index in [9.17, 15) is 34.5 Å². The third-order valence-electron chi connectivity index (χ3n) is 9.83. The number of esters is 4. The number of fused-ring (bicyclic) bond motifs is 1. The minimum atomic E-state index is -2.01. The third-order valence-corrected chi connectivity index (χ3v) is 9.83. The van der Waals surface area contributed by atoms with Crippen LogP contribution in [-0.2, 0) is 42.9 Å². The molecule has 1 spiro atoms. The van der Waals surface area contributed by atoms with Crippen LogP contribution in [0, 0.1) is 11.3 Å². The summed E-state index contributed by atoms with van der Waals surface area (Å²) in [5.74, 6) is -3.93. The molecule has 0 radical (unpaired) electrons. The maximum atomic E-state index is 13.2. The summed E-state index contributed by atoms with van der Waals surface area (Å²) in [4.78, 5) is 51.4. The molecule has 246 valence electrons. The summed E-state index contributed by atoms with van der Waals surface area (Å²) in [5, 5.41) is 33.5. The van der Waals surface area contributed by atoms with E-state index in [1.54, 1.807) is 13.0 Å². The van der Waals surface area contributed by atoms with Crippen molar-refractivity contribution in [2.24, 2.45) is 11.3 Å². The second-order valence-electron chi connectivity index (χ2n) is 13.0. The minimum absolute atomic E-state index is 0.135. The molecule has 12 heteroatoms. The van der Waals surface area contributed by atoms with Gasteiger partial charge in [-0.3, -0.25) is 14.4 Å². The number of ether oxygens (including phenoxy) is 5. The van der Waals surface area contributed by atoms with Gasteiger partial charge in [0.1, 0.15) is 24.4 Å². The first kappa shape index (κ1) is 34.1. The van der Waals surface area contributed by atoms with Crippen molar-refractivity contribution in [3.8, 4) is 0 Å². The van der Waals surface area contributed by atoms with E-state index in [-0.39, 0.29) is 18.4 Å². The molecule has 0 aromatic rings. The molecule has 0 aromatic carbocycles. The molecule has 2 aliphatic heterocycles. The first-order valence-electron chi connectivity index (χ1n) is 15.4. The van der Waals surface area contributed by atoms with Crippen LogP contribution < -0.4 is 0 Å². The summed E-state index contributed by atoms with van der Waals surface area (Å²) in [7, 11) is 0. The Morgan fingerprint density at radius 3 is 2.27 bits per heavy atom. The van der Waals surface area contributed by atoms with Crippen molar-refractivity contribution in [1.82, 2.24) is 0 Å². The lowest BCUT2D eigenvalue weighted by atomic mass is 9.55. The highest BCUT2D eigenvalue weighted by Crippen LogP contribution is 2.65. The van der Waals surface area contributed by atoms with E-state index in [2.05, 4.69) is 6.92 Å². The number of hydrogen-bond acceptors (Lipinski definition) is 12. The summed E-state index contributed by atoms with van der Waals surface area (Å²) in [6.07, 6.45) is 2.56. The molecule has 3 N–H and O–H groups in total. The molecule has 10 atom stereocenters. The first-order valence-corrected chi connectivity index (χ1v) is 15.4. The van der Waals surface area contributed by atoms with E-state index >= 15 is 0 Å². The van der Waals surface area contributed by atoms with Crippen molar-refractivity contribution in [2.45, 2.75) is 134 Å². The van der Waals surface area contributed by atoms with Crippen LogP contribution in [0.4, 0.5) is 0 Å². The Balaban J connectivity index is 1.88. The second-order valence-corrected chi connectivity index (χ2v) is 13.0. The molecule has 2 aliphatic carbocycles. The van der Waals surface area contributed by atoms with E-state index in [1.165, 1.54) is 39.8 Å². The number of aliphatic hydroxyl groups excluding tert-OH is 2. The number of epoxide rings is 1. The van der Waals surface area contributed by atoms with Gasteiger partial charge in [0.15, 0.2) is 17.3 Å². The van der Waals surface area contributed by atoms with E-state index in [0.29, 0.717) is 6.42 Å². The Hall–Kier alpha value is -2.80. The van der Waals surface area contributed by atoms with Gasteiger partial charge in [0, 0.05) is 38.0 Å². The number of carbonyl (C=O) groups excluding carboxylic acids is 4. The van der Waals surface area contributed by atoms with Crippen LogP contribution in [0.3, 0.4) is 0 Å². The van der Waals surface area contributed by atoms with Crippen LogP contribution in [0.15, 0.2) is 23.8 Å². The summed E-state index contributed by atoms with van der Waals surface area (Å²) >= 11 is 0. The Kier molecular flexibility index (Phi) is 9.71. The van der Waals surface area contributed by atoms with Gasteiger partial charge in [-0.05, 0) is 31.9 Å². The molecular weight excluding hydrogens is 576 g/mol. The highest BCUT2D eigenvalue weighted by Gasteiger charge is 2.87. The molecule has 2 fully saturated rings. The second kappa shape index (κ2) is 12.5. The van der Waals surface area contributed by atoms with E-state index in [0.717, 1.165) is 25.7 Å². The maximum absolute atomic E-state index is 13.2. The molecule has 4 rings (SSSR count). The van der Waals surface area contributed by atoms with E-state index < -0.39 is 89.1 Å². The zero-order chi connectivity index (χ0) is 32.7. The van der Waals surface area contributed by atoms with Gasteiger partial charge >= 0.3 is 23.9 Å². The maximum Gasteiger partial charge on any atom is 0.342 e. The van der Waals surface area contributed by atoms with Gasteiger partial charge in [-0.2, -0.15) is 0 Å². The number of rotatable bonds is 10. The standard InChI is InChI=1S/C32H46O12/c1-7-8-9-10-11-12-25(37)42-21-16-23(40-18(2)34)29(4)14-13-22(36)30(5,39)26(29)27(41-19(3)35)32-24(15-20(21)17-33)43-28(38)31(32,6)44-32/h13-15,21-24,26-27,33,36,39H,7-12,16-17H2,1-6H3/b20-15-/t21?,22?,23?,24?,26?,27?,29-,30-,31+,32?/m1/s1. The molecule has 0 aromatic heterocycles. The van der Waals surface area contributed by atoms with Crippen molar-refractivity contribution >= 4 is 23.9 Å². The van der Waals surface area contributed by atoms with Gasteiger partial charge in [-0.15, -0.1) is 0 Å². The smallest absolute Gasteiger partial charge is 0.342 e. The van der Waals surface area contributed by atoms with Crippen LogP contribution in [0.5, 0.6) is 0 Å². The van der Waals surface area contributed by atoms with Crippen LogP contribution in [0.1, 0.15) is 86.5 Å². The normalized spacial score (nSPS) is 42.0. The molecule has 2 saturated heterocycles.